The molecule has 0 unspecified atom stereocenters. The molecule has 0 amide bonds. The first-order valence-electron chi connectivity index (χ1n) is 7.08. The molecule has 24 heavy (non-hydrogen) atoms. The molecule has 0 N–H and O–H groups in total. The lowest BCUT2D eigenvalue weighted by molar-refractivity contribution is -0.385. The number of carbonyl (C=O) groups excluding carboxylic acids is 1. The van der Waals surface area contributed by atoms with Crippen LogP contribution in [0, 0.1) is 10.1 Å². The Labute approximate surface area is 139 Å². The van der Waals surface area contributed by atoms with Crippen LogP contribution in [0.25, 0.3) is 0 Å². The summed E-state index contributed by atoms with van der Waals surface area (Å²) >= 11 is 0. The van der Waals surface area contributed by atoms with Crippen LogP contribution in [0.5, 0.6) is 5.75 Å². The van der Waals surface area contributed by atoms with Gasteiger partial charge in [0.1, 0.15) is 5.75 Å². The van der Waals surface area contributed by atoms with Gasteiger partial charge >= 0.3 is 0 Å². The van der Waals surface area contributed by atoms with Crippen molar-refractivity contribution >= 4 is 21.8 Å². The molecule has 2 aromatic carbocycles. The first-order valence-corrected chi connectivity index (χ1v) is 8.73. The molecule has 0 radical (unpaired) electrons. The van der Waals surface area contributed by atoms with Crippen LogP contribution in [-0.4, -0.2) is 32.0 Å². The quantitative estimate of drug-likeness (QED) is 0.314. The largest absolute Gasteiger partial charge is 0.494 e. The topological polar surface area (TPSA) is 104 Å². The van der Waals surface area contributed by atoms with Crippen LogP contribution < -0.4 is 4.74 Å². The SMILES string of the molecule is O=Cc1cc(OCCCS(=O)(=O)c2ccccc2)ccc1[N+](=O)[O-]. The van der Waals surface area contributed by atoms with E-state index in [0.29, 0.717) is 6.29 Å². The van der Waals surface area contributed by atoms with Crippen molar-refractivity contribution in [3.63, 3.8) is 0 Å². The summed E-state index contributed by atoms with van der Waals surface area (Å²) in [6.07, 6.45) is 0.634. The van der Waals surface area contributed by atoms with E-state index in [2.05, 4.69) is 0 Å². The molecule has 0 atom stereocenters. The molecule has 2 rings (SSSR count). The smallest absolute Gasteiger partial charge is 0.280 e. The fourth-order valence-electron chi connectivity index (χ4n) is 2.07. The van der Waals surface area contributed by atoms with Crippen LogP contribution in [0.1, 0.15) is 16.8 Å². The third-order valence-electron chi connectivity index (χ3n) is 3.25. The van der Waals surface area contributed by atoms with Crippen molar-refractivity contribution in [2.75, 3.05) is 12.4 Å². The second-order valence-corrected chi connectivity index (χ2v) is 7.04. The number of hydrogen-bond donors (Lipinski definition) is 0. The van der Waals surface area contributed by atoms with Gasteiger partial charge in [-0.05, 0) is 30.7 Å². The molecule has 2 aromatic rings. The van der Waals surface area contributed by atoms with E-state index in [1.165, 1.54) is 30.3 Å². The maximum Gasteiger partial charge on any atom is 0.280 e. The highest BCUT2D eigenvalue weighted by Crippen LogP contribution is 2.22. The summed E-state index contributed by atoms with van der Waals surface area (Å²) in [6.45, 7) is 0.113. The van der Waals surface area contributed by atoms with Crippen LogP contribution in [-0.2, 0) is 9.84 Å². The first-order chi connectivity index (χ1) is 11.4. The Kier molecular flexibility index (Phi) is 5.64. The van der Waals surface area contributed by atoms with Crippen molar-refractivity contribution < 1.29 is 22.9 Å². The molecule has 0 heterocycles. The van der Waals surface area contributed by atoms with Gasteiger partial charge in [0.15, 0.2) is 16.1 Å². The molecular formula is C16H15NO6S. The average molecular weight is 349 g/mol. The number of nitro benzene ring substituents is 1. The van der Waals surface area contributed by atoms with E-state index in [0.717, 1.165) is 0 Å². The van der Waals surface area contributed by atoms with Gasteiger partial charge in [0.05, 0.1) is 27.7 Å². The van der Waals surface area contributed by atoms with Gasteiger partial charge in [-0.25, -0.2) is 8.42 Å². The zero-order chi connectivity index (χ0) is 17.6. The minimum atomic E-state index is -3.37. The number of aldehydes is 1. The fraction of sp³-hybridized carbons (Fsp3) is 0.188. The Bertz CT molecular complexity index is 833. The lowest BCUT2D eigenvalue weighted by Crippen LogP contribution is -2.10. The Morgan fingerprint density at radius 3 is 2.46 bits per heavy atom. The Balaban J connectivity index is 1.93. The predicted molar refractivity (Wildman–Crippen MR) is 87.1 cm³/mol. The summed E-state index contributed by atoms with van der Waals surface area (Å²) in [5.41, 5.74) is -0.390. The number of nitro groups is 1. The second-order valence-electron chi connectivity index (χ2n) is 4.93. The van der Waals surface area contributed by atoms with E-state index in [-0.39, 0.29) is 40.7 Å². The van der Waals surface area contributed by atoms with Gasteiger partial charge in [0.25, 0.3) is 5.69 Å². The summed E-state index contributed by atoms with van der Waals surface area (Å²) in [6, 6.07) is 11.9. The maximum absolute atomic E-state index is 12.1. The number of benzene rings is 2. The molecule has 0 saturated carbocycles. The lowest BCUT2D eigenvalue weighted by atomic mass is 10.2. The molecule has 0 aliphatic rings. The zero-order valence-electron chi connectivity index (χ0n) is 12.6. The van der Waals surface area contributed by atoms with Gasteiger partial charge in [-0.3, -0.25) is 14.9 Å². The minimum Gasteiger partial charge on any atom is -0.494 e. The van der Waals surface area contributed by atoms with Crippen LogP contribution in [0.2, 0.25) is 0 Å². The third-order valence-corrected chi connectivity index (χ3v) is 5.07. The Morgan fingerprint density at radius 2 is 1.83 bits per heavy atom. The number of nitrogens with zero attached hydrogens (tertiary/aromatic N) is 1. The van der Waals surface area contributed by atoms with E-state index in [1.807, 2.05) is 0 Å². The van der Waals surface area contributed by atoms with Gasteiger partial charge < -0.3 is 4.74 Å². The number of sulfone groups is 1. The van der Waals surface area contributed by atoms with E-state index in [1.54, 1.807) is 18.2 Å². The summed E-state index contributed by atoms with van der Waals surface area (Å²) in [5.74, 6) is 0.199. The summed E-state index contributed by atoms with van der Waals surface area (Å²) < 4.78 is 29.5. The van der Waals surface area contributed by atoms with Crippen molar-refractivity contribution in [3.8, 4) is 5.75 Å². The summed E-state index contributed by atoms with van der Waals surface area (Å²) in [5, 5.41) is 10.7. The lowest BCUT2D eigenvalue weighted by Gasteiger charge is -2.07. The summed E-state index contributed by atoms with van der Waals surface area (Å²) in [7, 11) is -3.37. The predicted octanol–water partition coefficient (Wildman–Crippen LogP) is 2.65. The highest BCUT2D eigenvalue weighted by Gasteiger charge is 2.15. The van der Waals surface area contributed by atoms with Crippen LogP contribution in [0.15, 0.2) is 53.4 Å². The van der Waals surface area contributed by atoms with Gasteiger partial charge in [-0.15, -0.1) is 0 Å². The summed E-state index contributed by atoms with van der Waals surface area (Å²) in [4.78, 5) is 21.2. The number of hydrogen-bond acceptors (Lipinski definition) is 6. The molecule has 8 heteroatoms. The van der Waals surface area contributed by atoms with Gasteiger partial charge in [-0.2, -0.15) is 0 Å². The normalized spacial score (nSPS) is 11.0. The molecule has 0 aliphatic heterocycles. The standard InChI is InChI=1S/C16H15NO6S/c18-12-13-11-14(7-8-16(13)17(19)20)23-9-4-10-24(21,22)15-5-2-1-3-6-15/h1-3,5-8,11-12H,4,9-10H2. The molecule has 0 bridgehead atoms. The Morgan fingerprint density at radius 1 is 1.12 bits per heavy atom. The van der Waals surface area contributed by atoms with E-state index < -0.39 is 14.8 Å². The molecule has 0 aromatic heterocycles. The fourth-order valence-corrected chi connectivity index (χ4v) is 3.37. The molecular weight excluding hydrogens is 334 g/mol. The molecule has 0 saturated heterocycles. The van der Waals surface area contributed by atoms with Crippen molar-refractivity contribution in [3.05, 3.63) is 64.2 Å². The van der Waals surface area contributed by atoms with Crippen LogP contribution in [0.4, 0.5) is 5.69 Å². The van der Waals surface area contributed by atoms with Crippen molar-refractivity contribution in [1.29, 1.82) is 0 Å². The molecule has 126 valence electrons. The number of ether oxygens (including phenoxy) is 1. The Hall–Kier alpha value is -2.74. The maximum atomic E-state index is 12.1. The van der Waals surface area contributed by atoms with E-state index in [9.17, 15) is 23.3 Å². The highest BCUT2D eigenvalue weighted by molar-refractivity contribution is 7.91. The molecule has 0 fully saturated rings. The molecule has 0 aliphatic carbocycles. The molecule has 7 nitrogen and oxygen atoms in total. The van der Waals surface area contributed by atoms with Gasteiger partial charge in [0.2, 0.25) is 0 Å². The molecule has 0 spiro atoms. The van der Waals surface area contributed by atoms with Crippen molar-refractivity contribution in [2.24, 2.45) is 0 Å². The van der Waals surface area contributed by atoms with Crippen LogP contribution >= 0.6 is 0 Å². The van der Waals surface area contributed by atoms with E-state index >= 15 is 0 Å². The van der Waals surface area contributed by atoms with Crippen LogP contribution in [0.3, 0.4) is 0 Å². The number of carbonyl (C=O) groups is 1. The zero-order valence-corrected chi connectivity index (χ0v) is 13.4. The van der Waals surface area contributed by atoms with Gasteiger partial charge in [-0.1, -0.05) is 18.2 Å². The number of rotatable bonds is 8. The van der Waals surface area contributed by atoms with E-state index in [4.69, 9.17) is 4.74 Å². The average Bonchev–Trinajstić information content (AvgIpc) is 2.59. The minimum absolute atomic E-state index is 0.0788. The first kappa shape index (κ1) is 17.6. The van der Waals surface area contributed by atoms with Gasteiger partial charge in [0, 0.05) is 6.07 Å². The van der Waals surface area contributed by atoms with Crippen molar-refractivity contribution in [2.45, 2.75) is 11.3 Å². The highest BCUT2D eigenvalue weighted by atomic mass is 32.2. The third kappa shape index (κ3) is 4.39. The monoisotopic (exact) mass is 349 g/mol. The van der Waals surface area contributed by atoms with Crippen molar-refractivity contribution in [1.82, 2.24) is 0 Å². The second kappa shape index (κ2) is 7.69.